The van der Waals surface area contributed by atoms with Crippen LogP contribution in [-0.4, -0.2) is 62.7 Å². The van der Waals surface area contributed by atoms with Gasteiger partial charge in [0, 0.05) is 24.8 Å². The number of hydrogen-bond donors (Lipinski definition) is 4. The molecule has 2 rings (SSSR count). The van der Waals surface area contributed by atoms with E-state index in [0.29, 0.717) is 37.1 Å². The molecule has 0 spiro atoms. The molecule has 0 saturated heterocycles. The number of carbonyl (C=O) groups is 2. The zero-order chi connectivity index (χ0) is 27.4. The number of unbranched alkanes of at least 4 members (excludes halogenated alkanes) is 1. The van der Waals surface area contributed by atoms with E-state index in [-0.39, 0.29) is 29.9 Å². The second-order valence-electron chi connectivity index (χ2n) is 9.14. The molecule has 0 aromatic heterocycles. The van der Waals surface area contributed by atoms with E-state index in [4.69, 9.17) is 5.73 Å². The summed E-state index contributed by atoms with van der Waals surface area (Å²) in [6, 6.07) is 13.3. The van der Waals surface area contributed by atoms with Crippen LogP contribution in [0.15, 0.2) is 59.5 Å². The van der Waals surface area contributed by atoms with Crippen LogP contribution in [0, 0.1) is 5.92 Å². The Labute approximate surface area is 219 Å². The number of benzene rings is 2. The molecule has 0 radical (unpaired) electrons. The number of nitrogen functional groups attached to an aromatic ring is 1. The number of alkyl carbamates (subject to hydrolysis) is 1. The molecule has 0 heterocycles. The fourth-order valence-electron chi connectivity index (χ4n) is 3.85. The molecule has 11 heteroatoms. The smallest absolute Gasteiger partial charge is 0.407 e. The lowest BCUT2D eigenvalue weighted by Crippen LogP contribution is -2.44. The van der Waals surface area contributed by atoms with E-state index in [2.05, 4.69) is 15.4 Å². The predicted molar refractivity (Wildman–Crippen MR) is 142 cm³/mol. The fraction of sp³-hybridized carbons (Fsp3) is 0.462. The summed E-state index contributed by atoms with van der Waals surface area (Å²) in [5, 5.41) is 15.4. The second-order valence-corrected chi connectivity index (χ2v) is 11.0. The number of hydrogen-bond acceptors (Lipinski definition) is 7. The Kier molecular flexibility index (Phi) is 11.8. The van der Waals surface area contributed by atoms with Crippen LogP contribution in [0.4, 0.5) is 10.5 Å². The minimum Gasteiger partial charge on any atom is -0.453 e. The number of rotatable bonds is 14. The van der Waals surface area contributed by atoms with Crippen LogP contribution in [0.1, 0.15) is 44.7 Å². The molecule has 2 aromatic rings. The normalized spacial score (nSPS) is 13.2. The van der Waals surface area contributed by atoms with E-state index >= 15 is 0 Å². The summed E-state index contributed by atoms with van der Waals surface area (Å²) in [4.78, 5) is 24.6. The average Bonchev–Trinajstić information content (AvgIpc) is 2.88. The minimum absolute atomic E-state index is 0.0501. The molecule has 0 bridgehead atoms. The number of aliphatic hydroxyl groups is 1. The summed E-state index contributed by atoms with van der Waals surface area (Å²) < 4.78 is 32.7. The quantitative estimate of drug-likeness (QED) is 0.215. The zero-order valence-corrected chi connectivity index (χ0v) is 22.4. The number of anilines is 1. The monoisotopic (exact) mass is 534 g/mol. The summed E-state index contributed by atoms with van der Waals surface area (Å²) >= 11 is 0. The lowest BCUT2D eigenvalue weighted by atomic mass is 10.1. The lowest BCUT2D eigenvalue weighted by Gasteiger charge is -2.31. The molecule has 0 saturated carbocycles. The van der Waals surface area contributed by atoms with Gasteiger partial charge in [0.1, 0.15) is 6.04 Å². The maximum Gasteiger partial charge on any atom is 0.407 e. The number of amides is 2. The predicted octanol–water partition coefficient (Wildman–Crippen LogP) is 2.66. The van der Waals surface area contributed by atoms with Gasteiger partial charge in [-0.05, 0) is 48.6 Å². The number of nitrogens with two attached hydrogens (primary N) is 1. The van der Waals surface area contributed by atoms with Crippen molar-refractivity contribution in [3.63, 3.8) is 0 Å². The number of sulfonamides is 1. The van der Waals surface area contributed by atoms with Gasteiger partial charge in [0.25, 0.3) is 0 Å². The SMILES string of the molecule is COC(=O)N[C@@H](C(=O)NCCCC[C@@H](CO)N(CC(C)C)S(=O)(=O)c1ccc(N)cc1)c1ccccc1. The molecule has 0 aliphatic heterocycles. The van der Waals surface area contributed by atoms with Gasteiger partial charge < -0.3 is 26.2 Å². The molecule has 0 aliphatic rings. The first kappa shape index (κ1) is 30.1. The summed E-state index contributed by atoms with van der Waals surface area (Å²) in [5.41, 5.74) is 6.78. The standard InChI is InChI=1S/C26H38N4O6S/c1-19(2)17-30(37(34,35)23-14-12-21(27)13-15-23)22(18-31)11-7-8-16-28-25(32)24(29-26(33)36-3)20-9-5-4-6-10-20/h4-6,9-10,12-15,19,22,24,31H,7-8,11,16-18,27H2,1-3H3,(H,28,32)(H,29,33)/t22-,24+/m0/s1. The largest absolute Gasteiger partial charge is 0.453 e. The maximum absolute atomic E-state index is 13.4. The third kappa shape index (κ3) is 9.03. The summed E-state index contributed by atoms with van der Waals surface area (Å²) in [5.74, 6) is -0.336. The van der Waals surface area contributed by atoms with Crippen LogP contribution in [0.25, 0.3) is 0 Å². The number of aliphatic hydroxyl groups excluding tert-OH is 1. The van der Waals surface area contributed by atoms with Gasteiger partial charge in [0.05, 0.1) is 18.6 Å². The number of nitrogens with zero attached hydrogens (tertiary/aromatic N) is 1. The minimum atomic E-state index is -3.84. The van der Waals surface area contributed by atoms with Gasteiger partial charge in [-0.2, -0.15) is 4.31 Å². The first-order chi connectivity index (χ1) is 17.6. The highest BCUT2D eigenvalue weighted by molar-refractivity contribution is 7.89. The Morgan fingerprint density at radius 1 is 1.05 bits per heavy atom. The van der Waals surface area contributed by atoms with Crippen molar-refractivity contribution in [3.8, 4) is 0 Å². The van der Waals surface area contributed by atoms with Crippen molar-refractivity contribution < 1.29 is 27.9 Å². The third-order valence-corrected chi connectivity index (χ3v) is 7.69. The van der Waals surface area contributed by atoms with Gasteiger partial charge in [-0.15, -0.1) is 0 Å². The summed E-state index contributed by atoms with van der Waals surface area (Å²) in [6.07, 6.45) is 0.815. The Balaban J connectivity index is 1.99. The first-order valence-electron chi connectivity index (χ1n) is 12.3. The number of carbonyl (C=O) groups excluding carboxylic acids is 2. The van der Waals surface area contributed by atoms with Crippen molar-refractivity contribution in [1.82, 2.24) is 14.9 Å². The van der Waals surface area contributed by atoms with Gasteiger partial charge in [-0.1, -0.05) is 50.6 Å². The molecule has 204 valence electrons. The molecular weight excluding hydrogens is 496 g/mol. The van der Waals surface area contributed by atoms with Crippen molar-refractivity contribution >= 4 is 27.7 Å². The topological polar surface area (TPSA) is 151 Å². The highest BCUT2D eigenvalue weighted by atomic mass is 32.2. The van der Waals surface area contributed by atoms with Gasteiger partial charge in [0.2, 0.25) is 15.9 Å². The van der Waals surface area contributed by atoms with E-state index in [1.54, 1.807) is 24.3 Å². The van der Waals surface area contributed by atoms with Crippen molar-refractivity contribution in [2.75, 3.05) is 32.5 Å². The highest BCUT2D eigenvalue weighted by Crippen LogP contribution is 2.23. The molecule has 2 atom stereocenters. The molecule has 0 unspecified atom stereocenters. The second kappa shape index (κ2) is 14.6. The fourth-order valence-corrected chi connectivity index (χ4v) is 5.66. The molecule has 2 amide bonds. The van der Waals surface area contributed by atoms with Gasteiger partial charge >= 0.3 is 6.09 Å². The van der Waals surface area contributed by atoms with Crippen molar-refractivity contribution in [1.29, 1.82) is 0 Å². The number of nitrogens with one attached hydrogen (secondary N) is 2. The van der Waals surface area contributed by atoms with Crippen molar-refractivity contribution in [2.24, 2.45) is 5.92 Å². The van der Waals surface area contributed by atoms with E-state index in [9.17, 15) is 23.1 Å². The van der Waals surface area contributed by atoms with Gasteiger partial charge in [-0.3, -0.25) is 4.79 Å². The number of ether oxygens (including phenoxy) is 1. The highest BCUT2D eigenvalue weighted by Gasteiger charge is 2.31. The van der Waals surface area contributed by atoms with Gasteiger partial charge in [-0.25, -0.2) is 13.2 Å². The Morgan fingerprint density at radius 3 is 2.27 bits per heavy atom. The van der Waals surface area contributed by atoms with Crippen LogP contribution in [0.2, 0.25) is 0 Å². The summed E-state index contributed by atoms with van der Waals surface area (Å²) in [6.45, 7) is 4.08. The average molecular weight is 535 g/mol. The van der Waals surface area contributed by atoms with Crippen LogP contribution in [0.5, 0.6) is 0 Å². The van der Waals surface area contributed by atoms with Crippen LogP contribution in [0.3, 0.4) is 0 Å². The molecule has 5 N–H and O–H groups in total. The third-order valence-electron chi connectivity index (χ3n) is 5.76. The first-order valence-corrected chi connectivity index (χ1v) is 13.7. The Morgan fingerprint density at radius 2 is 1.70 bits per heavy atom. The zero-order valence-electron chi connectivity index (χ0n) is 21.6. The number of methoxy groups -OCH3 is 1. The Bertz CT molecular complexity index is 1090. The van der Waals surface area contributed by atoms with E-state index in [1.165, 1.54) is 35.7 Å². The van der Waals surface area contributed by atoms with Crippen LogP contribution >= 0.6 is 0 Å². The molecule has 0 aliphatic carbocycles. The molecule has 0 fully saturated rings. The lowest BCUT2D eigenvalue weighted by molar-refractivity contribution is -0.123. The van der Waals surface area contributed by atoms with Crippen molar-refractivity contribution in [2.45, 2.75) is 50.1 Å². The van der Waals surface area contributed by atoms with E-state index < -0.39 is 28.2 Å². The molecule has 2 aromatic carbocycles. The molecule has 37 heavy (non-hydrogen) atoms. The molecular formula is C26H38N4O6S. The maximum atomic E-state index is 13.4. The Hall–Kier alpha value is -3.15. The van der Waals surface area contributed by atoms with Gasteiger partial charge in [0.15, 0.2) is 0 Å². The van der Waals surface area contributed by atoms with Crippen LogP contribution in [-0.2, 0) is 19.6 Å². The van der Waals surface area contributed by atoms with Crippen molar-refractivity contribution in [3.05, 3.63) is 60.2 Å². The molecule has 10 nitrogen and oxygen atoms in total. The van der Waals surface area contributed by atoms with E-state index in [1.807, 2.05) is 19.9 Å². The summed E-state index contributed by atoms with van der Waals surface area (Å²) in [7, 11) is -2.62. The van der Waals surface area contributed by atoms with E-state index in [0.717, 1.165) is 0 Å². The van der Waals surface area contributed by atoms with Crippen LogP contribution < -0.4 is 16.4 Å².